The van der Waals surface area contributed by atoms with Gasteiger partial charge in [-0.1, -0.05) is 12.1 Å². The van der Waals surface area contributed by atoms with Crippen LogP contribution < -0.4 is 15.0 Å². The molecule has 12 heteroatoms. The van der Waals surface area contributed by atoms with Crippen LogP contribution in [0, 0.1) is 5.82 Å². The maximum atomic E-state index is 14.6. The van der Waals surface area contributed by atoms with E-state index in [1.165, 1.54) is 13.2 Å². The van der Waals surface area contributed by atoms with Crippen LogP contribution >= 0.6 is 0 Å². The van der Waals surface area contributed by atoms with Gasteiger partial charge in [0.2, 0.25) is 12.8 Å². The number of nitrogens with one attached hydrogen (secondary N) is 1. The monoisotopic (exact) mass is 486 g/mol. The van der Waals surface area contributed by atoms with Gasteiger partial charge in [0, 0.05) is 18.7 Å². The minimum absolute atomic E-state index is 0.0233. The molecule has 0 amide bonds. The summed E-state index contributed by atoms with van der Waals surface area (Å²) in [6.45, 7) is 4.06. The number of methoxy groups -OCH3 is 1. The molecule has 1 aromatic carbocycles. The molecule has 2 atom stereocenters. The summed E-state index contributed by atoms with van der Waals surface area (Å²) in [4.78, 5) is 22.6. The second kappa shape index (κ2) is 10.6. The van der Waals surface area contributed by atoms with Crippen molar-refractivity contribution in [3.05, 3.63) is 48.0 Å². The van der Waals surface area contributed by atoms with Crippen LogP contribution in [0.3, 0.4) is 0 Å². The Morgan fingerprint density at radius 3 is 2.57 bits per heavy atom. The Bertz CT molecular complexity index is 1190. The number of carbonyl (C=O) groups is 1. The Morgan fingerprint density at radius 2 is 1.91 bits per heavy atom. The first kappa shape index (κ1) is 24.2. The molecule has 4 rings (SSSR count). The zero-order valence-corrected chi connectivity index (χ0v) is 19.4. The molecule has 0 saturated carbocycles. The number of morpholine rings is 1. The number of anilines is 3. The van der Waals surface area contributed by atoms with Crippen LogP contribution in [-0.4, -0.2) is 65.4 Å². The number of halogens is 2. The minimum atomic E-state index is -0.966. The summed E-state index contributed by atoms with van der Waals surface area (Å²) in [6.07, 6.45) is 1.03. The molecule has 0 radical (unpaired) electrons. The van der Waals surface area contributed by atoms with E-state index in [0.29, 0.717) is 35.9 Å². The number of hydrogen-bond donors (Lipinski definition) is 1. The summed E-state index contributed by atoms with van der Waals surface area (Å²) in [5.74, 6) is -0.675. The van der Waals surface area contributed by atoms with E-state index in [1.807, 2.05) is 18.7 Å². The van der Waals surface area contributed by atoms with Crippen LogP contribution in [0.1, 0.15) is 24.3 Å². The van der Waals surface area contributed by atoms with E-state index in [9.17, 15) is 13.6 Å². The molecule has 0 unspecified atom stereocenters. The summed E-state index contributed by atoms with van der Waals surface area (Å²) in [5, 5.41) is 10.8. The molecule has 10 nitrogen and oxygen atoms in total. The molecule has 1 aliphatic heterocycles. The van der Waals surface area contributed by atoms with Crippen molar-refractivity contribution in [1.29, 1.82) is 0 Å². The van der Waals surface area contributed by atoms with Gasteiger partial charge < -0.3 is 24.4 Å². The molecular weight excluding hydrogens is 462 g/mol. The standard InChI is InChI=1S/C23H24F2N6O4/c1-13-10-31(11-14(2)35-13)23-26-9-18(25)21(28-23)27-19-8-17(20(30-29-19)22(32)33-3)15-4-6-16(7-5-15)34-12-24/h4-9,13-14H,10-12H2,1-3H3,(H,26,27,28,29)/t13-,14+. The maximum absolute atomic E-state index is 14.6. The van der Waals surface area contributed by atoms with Crippen LogP contribution in [0.25, 0.3) is 11.1 Å². The van der Waals surface area contributed by atoms with Crippen molar-refractivity contribution in [3.8, 4) is 16.9 Å². The largest absolute Gasteiger partial charge is 0.464 e. The molecule has 2 aromatic heterocycles. The number of ether oxygens (including phenoxy) is 3. The number of hydrogen-bond acceptors (Lipinski definition) is 10. The molecule has 3 heterocycles. The van der Waals surface area contributed by atoms with E-state index in [4.69, 9.17) is 14.2 Å². The van der Waals surface area contributed by atoms with Gasteiger partial charge in [0.15, 0.2) is 23.1 Å². The predicted octanol–water partition coefficient (Wildman–Crippen LogP) is 3.52. The van der Waals surface area contributed by atoms with Gasteiger partial charge in [0.05, 0.1) is 25.5 Å². The van der Waals surface area contributed by atoms with Crippen molar-refractivity contribution in [3.63, 3.8) is 0 Å². The van der Waals surface area contributed by atoms with Crippen molar-refractivity contribution in [1.82, 2.24) is 20.2 Å². The third-order valence-corrected chi connectivity index (χ3v) is 5.24. The smallest absolute Gasteiger partial charge is 0.359 e. The molecule has 1 N–H and O–H groups in total. The summed E-state index contributed by atoms with van der Waals surface area (Å²) in [7, 11) is 1.23. The predicted molar refractivity (Wildman–Crippen MR) is 123 cm³/mol. The third-order valence-electron chi connectivity index (χ3n) is 5.24. The molecule has 1 fully saturated rings. The average molecular weight is 486 g/mol. The van der Waals surface area contributed by atoms with Crippen LogP contribution in [0.5, 0.6) is 5.75 Å². The lowest BCUT2D eigenvalue weighted by molar-refractivity contribution is -0.00572. The Labute approximate surface area is 200 Å². The van der Waals surface area contributed by atoms with Crippen LogP contribution in [0.15, 0.2) is 36.5 Å². The molecule has 184 valence electrons. The van der Waals surface area contributed by atoms with Crippen LogP contribution in [0.2, 0.25) is 0 Å². The Kier molecular flexibility index (Phi) is 7.30. The average Bonchev–Trinajstić information content (AvgIpc) is 2.85. The van der Waals surface area contributed by atoms with Gasteiger partial charge in [0.25, 0.3) is 0 Å². The lowest BCUT2D eigenvalue weighted by atomic mass is 10.0. The van der Waals surface area contributed by atoms with Crippen molar-refractivity contribution in [2.24, 2.45) is 0 Å². The number of carbonyl (C=O) groups excluding carboxylic acids is 1. The van der Waals surface area contributed by atoms with Gasteiger partial charge >= 0.3 is 5.97 Å². The lowest BCUT2D eigenvalue weighted by Gasteiger charge is -2.35. The van der Waals surface area contributed by atoms with Crippen molar-refractivity contribution < 1.29 is 27.8 Å². The fraction of sp³-hybridized carbons (Fsp3) is 0.348. The molecule has 1 aliphatic rings. The minimum Gasteiger partial charge on any atom is -0.464 e. The van der Waals surface area contributed by atoms with Crippen LogP contribution in [-0.2, 0) is 9.47 Å². The SMILES string of the molecule is COC(=O)c1nnc(Nc2nc(N3C[C@@H](C)O[C@@H](C)C3)ncc2F)cc1-c1ccc(OCF)cc1. The van der Waals surface area contributed by atoms with Crippen molar-refractivity contribution in [2.45, 2.75) is 26.1 Å². The van der Waals surface area contributed by atoms with E-state index in [2.05, 4.69) is 25.5 Å². The fourth-order valence-electron chi connectivity index (χ4n) is 3.77. The maximum Gasteiger partial charge on any atom is 0.359 e. The first-order valence-corrected chi connectivity index (χ1v) is 10.8. The fourth-order valence-corrected chi connectivity index (χ4v) is 3.77. The highest BCUT2D eigenvalue weighted by molar-refractivity contribution is 5.95. The van der Waals surface area contributed by atoms with E-state index in [-0.39, 0.29) is 29.5 Å². The summed E-state index contributed by atoms with van der Waals surface area (Å²) in [6, 6.07) is 7.86. The molecule has 3 aromatic rings. The molecule has 35 heavy (non-hydrogen) atoms. The van der Waals surface area contributed by atoms with E-state index >= 15 is 0 Å². The quantitative estimate of drug-likeness (QED) is 0.498. The molecule has 0 aliphatic carbocycles. The summed E-state index contributed by atoms with van der Waals surface area (Å²) >= 11 is 0. The van der Waals surface area contributed by atoms with Crippen LogP contribution in [0.4, 0.5) is 26.4 Å². The van der Waals surface area contributed by atoms with E-state index in [0.717, 1.165) is 6.20 Å². The Balaban J connectivity index is 1.65. The van der Waals surface area contributed by atoms with Gasteiger partial charge in [-0.3, -0.25) is 0 Å². The second-order valence-corrected chi connectivity index (χ2v) is 7.92. The number of aromatic nitrogens is 4. The first-order chi connectivity index (χ1) is 16.9. The highest BCUT2D eigenvalue weighted by Gasteiger charge is 2.25. The second-order valence-electron chi connectivity index (χ2n) is 7.92. The molecular formula is C23H24F2N6O4. The highest BCUT2D eigenvalue weighted by Crippen LogP contribution is 2.29. The third kappa shape index (κ3) is 5.60. The van der Waals surface area contributed by atoms with Gasteiger partial charge in [-0.25, -0.2) is 18.6 Å². The zero-order chi connectivity index (χ0) is 24.9. The zero-order valence-electron chi connectivity index (χ0n) is 19.4. The summed E-state index contributed by atoms with van der Waals surface area (Å²) < 4.78 is 42.4. The topological polar surface area (TPSA) is 112 Å². The number of benzene rings is 1. The molecule has 1 saturated heterocycles. The number of alkyl halides is 1. The van der Waals surface area contributed by atoms with E-state index in [1.54, 1.807) is 24.3 Å². The van der Waals surface area contributed by atoms with Gasteiger partial charge in [-0.05, 0) is 37.6 Å². The van der Waals surface area contributed by atoms with Crippen molar-refractivity contribution >= 4 is 23.6 Å². The van der Waals surface area contributed by atoms with Gasteiger partial charge in [0.1, 0.15) is 5.75 Å². The van der Waals surface area contributed by atoms with Gasteiger partial charge in [-0.2, -0.15) is 4.98 Å². The number of rotatable bonds is 7. The number of nitrogens with zero attached hydrogens (tertiary/aromatic N) is 5. The lowest BCUT2D eigenvalue weighted by Crippen LogP contribution is -2.46. The normalized spacial score (nSPS) is 17.7. The Morgan fingerprint density at radius 1 is 1.20 bits per heavy atom. The van der Waals surface area contributed by atoms with Gasteiger partial charge in [-0.15, -0.1) is 10.2 Å². The molecule has 0 bridgehead atoms. The summed E-state index contributed by atoms with van der Waals surface area (Å²) in [5.41, 5.74) is 0.888. The van der Waals surface area contributed by atoms with E-state index < -0.39 is 18.6 Å². The Hall–Kier alpha value is -3.93. The highest BCUT2D eigenvalue weighted by atomic mass is 19.1. The molecule has 0 spiro atoms. The first-order valence-electron chi connectivity index (χ1n) is 10.8. The van der Waals surface area contributed by atoms with Crippen molar-refractivity contribution in [2.75, 3.05) is 37.3 Å². The number of esters is 1.